The van der Waals surface area contributed by atoms with Crippen LogP contribution >= 0.6 is 0 Å². The minimum atomic E-state index is -0.00855. The van der Waals surface area contributed by atoms with Crippen LogP contribution in [0.25, 0.3) is 0 Å². The lowest BCUT2D eigenvalue weighted by Gasteiger charge is -2.27. The minimum Gasteiger partial charge on any atom is -0.481 e. The van der Waals surface area contributed by atoms with Gasteiger partial charge in [-0.15, -0.1) is 0 Å². The maximum Gasteiger partial charge on any atom is 0.317 e. The van der Waals surface area contributed by atoms with Gasteiger partial charge in [-0.1, -0.05) is 25.1 Å². The Kier molecular flexibility index (Phi) is 5.15. The first kappa shape index (κ1) is 18.7. The number of anilines is 1. The molecule has 28 heavy (non-hydrogen) atoms. The Morgan fingerprint density at radius 1 is 1.32 bits per heavy atom. The number of benzene rings is 1. The van der Waals surface area contributed by atoms with Crippen LogP contribution in [0.2, 0.25) is 0 Å². The number of carbonyl (C=O) groups excluding carboxylic acids is 1. The highest BCUT2D eigenvalue weighted by Crippen LogP contribution is 2.33. The molecule has 0 aliphatic carbocycles. The number of urea groups is 1. The fraction of sp³-hybridized carbons (Fsp3) is 0.524. The number of ether oxygens (including phenoxy) is 1. The lowest BCUT2D eigenvalue weighted by atomic mass is 10.1. The number of nitrogens with zero attached hydrogens (tertiary/aromatic N) is 4. The predicted octanol–water partition coefficient (Wildman–Crippen LogP) is 2.34. The third-order valence-corrected chi connectivity index (χ3v) is 5.86. The van der Waals surface area contributed by atoms with Crippen LogP contribution in [-0.4, -0.2) is 53.5 Å². The first-order valence-corrected chi connectivity index (χ1v) is 10.1. The molecule has 1 N–H and O–H groups in total. The molecule has 0 radical (unpaired) electrons. The Morgan fingerprint density at radius 2 is 2.14 bits per heavy atom. The predicted molar refractivity (Wildman–Crippen MR) is 109 cm³/mol. The van der Waals surface area contributed by atoms with Crippen molar-refractivity contribution in [2.75, 3.05) is 31.6 Å². The van der Waals surface area contributed by atoms with Gasteiger partial charge >= 0.3 is 6.03 Å². The molecule has 1 aromatic heterocycles. The highest BCUT2D eigenvalue weighted by atomic mass is 16.5. The van der Waals surface area contributed by atoms with E-state index in [2.05, 4.69) is 46.5 Å². The number of hydrogen-bond donors (Lipinski definition) is 1. The molecular weight excluding hydrogens is 354 g/mol. The summed E-state index contributed by atoms with van der Waals surface area (Å²) in [6.45, 7) is 5.04. The molecule has 7 nitrogen and oxygen atoms in total. The van der Waals surface area contributed by atoms with E-state index >= 15 is 0 Å². The smallest absolute Gasteiger partial charge is 0.317 e. The molecule has 1 aromatic carbocycles. The van der Waals surface area contributed by atoms with Crippen LogP contribution in [0, 0.1) is 0 Å². The summed E-state index contributed by atoms with van der Waals surface area (Å²) in [5.74, 6) is 0.713. The maximum absolute atomic E-state index is 12.9. The first-order chi connectivity index (χ1) is 13.6. The second-order valence-corrected chi connectivity index (χ2v) is 7.55. The van der Waals surface area contributed by atoms with Crippen LogP contribution in [0.3, 0.4) is 0 Å². The zero-order chi connectivity index (χ0) is 19.7. The normalized spacial score (nSPS) is 18.5. The van der Waals surface area contributed by atoms with E-state index < -0.39 is 0 Å². The van der Waals surface area contributed by atoms with Crippen molar-refractivity contribution in [3.63, 3.8) is 0 Å². The molecular formula is C21H29N5O2. The van der Waals surface area contributed by atoms with Crippen LogP contribution < -0.4 is 15.0 Å². The largest absolute Gasteiger partial charge is 0.481 e. The van der Waals surface area contributed by atoms with Crippen LogP contribution in [0.15, 0.2) is 24.3 Å². The molecule has 2 aliphatic rings. The van der Waals surface area contributed by atoms with Crippen molar-refractivity contribution < 1.29 is 9.53 Å². The third kappa shape index (κ3) is 3.30. The van der Waals surface area contributed by atoms with E-state index in [0.29, 0.717) is 18.5 Å². The summed E-state index contributed by atoms with van der Waals surface area (Å²) >= 11 is 0. The quantitative estimate of drug-likeness (QED) is 0.880. The van der Waals surface area contributed by atoms with Crippen molar-refractivity contribution in [1.82, 2.24) is 20.0 Å². The maximum atomic E-state index is 12.9. The summed E-state index contributed by atoms with van der Waals surface area (Å²) in [6, 6.07) is 8.96. The number of fused-ring (bicyclic) bond motifs is 3. The average Bonchev–Trinajstić information content (AvgIpc) is 3.12. The highest BCUT2D eigenvalue weighted by Gasteiger charge is 2.33. The van der Waals surface area contributed by atoms with E-state index in [1.54, 1.807) is 11.8 Å². The lowest BCUT2D eigenvalue weighted by molar-refractivity contribution is 0.197. The van der Waals surface area contributed by atoms with Gasteiger partial charge in [0, 0.05) is 32.4 Å². The van der Waals surface area contributed by atoms with Gasteiger partial charge in [-0.2, -0.15) is 5.10 Å². The van der Waals surface area contributed by atoms with Crippen LogP contribution in [0.5, 0.6) is 5.88 Å². The Balaban J connectivity index is 1.43. The number of aromatic nitrogens is 2. The summed E-state index contributed by atoms with van der Waals surface area (Å²) in [7, 11) is 3.51. The molecule has 1 unspecified atom stereocenters. The van der Waals surface area contributed by atoms with E-state index in [1.165, 1.54) is 11.3 Å². The second-order valence-electron chi connectivity index (χ2n) is 7.55. The van der Waals surface area contributed by atoms with E-state index in [0.717, 1.165) is 50.2 Å². The molecule has 2 aromatic rings. The van der Waals surface area contributed by atoms with Gasteiger partial charge in [0.25, 0.3) is 0 Å². The topological polar surface area (TPSA) is 62.6 Å². The Hall–Kier alpha value is -2.70. The standard InChI is InChI=1S/C21H29N5O2/c1-4-18-17(20(28-3)24(2)23-18)13-22-21(27)25-10-7-11-26-16(14-25)12-15-8-5-6-9-19(15)26/h5-6,8-9,16H,4,7,10-14H2,1-3H3,(H,22,27). The number of amides is 2. The summed E-state index contributed by atoms with van der Waals surface area (Å²) < 4.78 is 7.21. The zero-order valence-corrected chi connectivity index (χ0v) is 16.9. The molecule has 4 rings (SSSR count). The highest BCUT2D eigenvalue weighted by molar-refractivity contribution is 5.75. The van der Waals surface area contributed by atoms with E-state index in [-0.39, 0.29) is 6.03 Å². The van der Waals surface area contributed by atoms with Gasteiger partial charge in [-0.05, 0) is 30.9 Å². The third-order valence-electron chi connectivity index (χ3n) is 5.86. The van der Waals surface area contributed by atoms with Crippen molar-refractivity contribution in [2.45, 2.75) is 38.8 Å². The molecule has 0 bridgehead atoms. The van der Waals surface area contributed by atoms with Crippen LogP contribution in [0.4, 0.5) is 10.5 Å². The molecule has 1 atom stereocenters. The molecule has 2 aliphatic heterocycles. The summed E-state index contributed by atoms with van der Waals surface area (Å²) in [4.78, 5) is 17.4. The first-order valence-electron chi connectivity index (χ1n) is 10.1. The molecule has 0 saturated carbocycles. The van der Waals surface area contributed by atoms with Crippen LogP contribution in [-0.2, 0) is 26.4 Å². The van der Waals surface area contributed by atoms with Crippen molar-refractivity contribution in [1.29, 1.82) is 0 Å². The van der Waals surface area contributed by atoms with Crippen molar-refractivity contribution in [3.05, 3.63) is 41.1 Å². The Bertz CT molecular complexity index is 862. The number of carbonyl (C=O) groups is 1. The molecule has 7 heteroatoms. The van der Waals surface area contributed by atoms with E-state index in [9.17, 15) is 4.79 Å². The lowest BCUT2D eigenvalue weighted by Crippen LogP contribution is -2.45. The number of aryl methyl sites for hydroxylation is 2. The number of rotatable bonds is 4. The van der Waals surface area contributed by atoms with Gasteiger partial charge < -0.3 is 19.9 Å². The minimum absolute atomic E-state index is 0.00855. The van der Waals surface area contributed by atoms with E-state index in [4.69, 9.17) is 4.74 Å². The average molecular weight is 383 g/mol. The molecule has 2 amide bonds. The van der Waals surface area contributed by atoms with Gasteiger partial charge in [0.05, 0.1) is 31.0 Å². The van der Waals surface area contributed by atoms with E-state index in [1.807, 2.05) is 11.9 Å². The van der Waals surface area contributed by atoms with Crippen molar-refractivity contribution in [3.8, 4) is 5.88 Å². The Morgan fingerprint density at radius 3 is 2.93 bits per heavy atom. The second kappa shape index (κ2) is 7.73. The molecule has 1 saturated heterocycles. The van der Waals surface area contributed by atoms with Gasteiger partial charge in [-0.3, -0.25) is 0 Å². The fourth-order valence-electron chi connectivity index (χ4n) is 4.55. The Labute approximate surface area is 166 Å². The van der Waals surface area contributed by atoms with Gasteiger partial charge in [-0.25, -0.2) is 9.48 Å². The summed E-state index contributed by atoms with van der Waals surface area (Å²) in [6.07, 6.45) is 2.80. The summed E-state index contributed by atoms with van der Waals surface area (Å²) in [5, 5.41) is 7.59. The fourth-order valence-corrected chi connectivity index (χ4v) is 4.55. The molecule has 0 spiro atoms. The molecule has 1 fully saturated rings. The monoisotopic (exact) mass is 383 g/mol. The SMILES string of the molecule is CCc1nn(C)c(OC)c1CNC(=O)N1CCCN2c3ccccc3CC2C1. The number of para-hydroxylation sites is 1. The molecule has 3 heterocycles. The molecule has 150 valence electrons. The number of hydrogen-bond acceptors (Lipinski definition) is 4. The van der Waals surface area contributed by atoms with Gasteiger partial charge in [0.15, 0.2) is 0 Å². The number of methoxy groups -OCH3 is 1. The van der Waals surface area contributed by atoms with Crippen molar-refractivity contribution >= 4 is 11.7 Å². The summed E-state index contributed by atoms with van der Waals surface area (Å²) in [5.41, 5.74) is 4.66. The van der Waals surface area contributed by atoms with Gasteiger partial charge in [0.2, 0.25) is 5.88 Å². The van der Waals surface area contributed by atoms with Gasteiger partial charge in [0.1, 0.15) is 0 Å². The van der Waals surface area contributed by atoms with Crippen LogP contribution in [0.1, 0.15) is 30.2 Å². The number of nitrogens with one attached hydrogen (secondary N) is 1. The zero-order valence-electron chi connectivity index (χ0n) is 16.9. The van der Waals surface area contributed by atoms with Crippen molar-refractivity contribution in [2.24, 2.45) is 7.05 Å².